The maximum absolute atomic E-state index is 12.7. The Morgan fingerprint density at radius 1 is 1.00 bits per heavy atom. The van der Waals surface area contributed by atoms with Crippen LogP contribution in [0.3, 0.4) is 0 Å². The summed E-state index contributed by atoms with van der Waals surface area (Å²) in [4.78, 5) is 22.0. The van der Waals surface area contributed by atoms with E-state index in [9.17, 15) is 4.79 Å². The van der Waals surface area contributed by atoms with Gasteiger partial charge in [-0.3, -0.25) is 0 Å². The van der Waals surface area contributed by atoms with Gasteiger partial charge in [0, 0.05) is 32.2 Å². The number of hydrogen-bond donors (Lipinski definition) is 1. The van der Waals surface area contributed by atoms with Gasteiger partial charge in [0.2, 0.25) is 0 Å². The summed E-state index contributed by atoms with van der Waals surface area (Å²) < 4.78 is 6.23. The molecule has 2 amide bonds. The normalized spacial score (nSPS) is 18.9. The van der Waals surface area contributed by atoms with Crippen LogP contribution in [0.5, 0.6) is 11.5 Å². The highest BCUT2D eigenvalue weighted by Gasteiger charge is 2.28. The lowest BCUT2D eigenvalue weighted by Gasteiger charge is -2.37. The molecule has 2 heterocycles. The lowest BCUT2D eigenvalue weighted by atomic mass is 9.96. The molecule has 1 aliphatic carbocycles. The Balaban J connectivity index is 1.33. The number of amidine groups is 1. The minimum Gasteiger partial charge on any atom is -0.454 e. The zero-order valence-electron chi connectivity index (χ0n) is 18.1. The molecule has 2 aromatic carbocycles. The maximum atomic E-state index is 12.7. The monoisotopic (exact) mass is 418 g/mol. The standard InChI is InChI=1S/C25H30N4O2/c1-18-11-12-21-23(17-18)31-22-10-6-5-9-20(22)24(27-21)28-13-15-29(16-14-28)25(30)26-19-7-3-2-4-8-19/h5-6,9-12,17,19H,2-4,7-8,13-16H2,1H3,(H,26,30). The number of piperazine rings is 1. The highest BCUT2D eigenvalue weighted by molar-refractivity contribution is 6.03. The van der Waals surface area contributed by atoms with E-state index in [0.717, 1.165) is 60.1 Å². The van der Waals surface area contributed by atoms with Gasteiger partial charge >= 0.3 is 6.03 Å². The van der Waals surface area contributed by atoms with Gasteiger partial charge in [-0.2, -0.15) is 0 Å². The first-order chi connectivity index (χ1) is 15.2. The zero-order valence-corrected chi connectivity index (χ0v) is 18.1. The van der Waals surface area contributed by atoms with Crippen molar-refractivity contribution in [3.8, 4) is 11.5 Å². The molecule has 162 valence electrons. The number of urea groups is 1. The molecule has 6 heteroatoms. The van der Waals surface area contributed by atoms with E-state index in [2.05, 4.69) is 29.3 Å². The van der Waals surface area contributed by atoms with Crippen LogP contribution in [0.25, 0.3) is 0 Å². The Hall–Kier alpha value is -3.02. The Bertz CT molecular complexity index is 989. The molecular formula is C25H30N4O2. The number of carbonyl (C=O) groups excluding carboxylic acids is 1. The number of hydrogen-bond acceptors (Lipinski definition) is 4. The summed E-state index contributed by atoms with van der Waals surface area (Å²) in [6.45, 7) is 4.96. The average Bonchev–Trinajstić information content (AvgIpc) is 2.96. The van der Waals surface area contributed by atoms with Gasteiger partial charge < -0.3 is 19.9 Å². The molecule has 3 aliphatic rings. The van der Waals surface area contributed by atoms with Gasteiger partial charge in [-0.15, -0.1) is 0 Å². The van der Waals surface area contributed by atoms with Gasteiger partial charge in [-0.1, -0.05) is 37.5 Å². The first-order valence-electron chi connectivity index (χ1n) is 11.4. The minimum atomic E-state index is 0.0823. The summed E-state index contributed by atoms with van der Waals surface area (Å²) in [5.74, 6) is 2.53. The molecule has 2 fully saturated rings. The first kappa shape index (κ1) is 19.9. The van der Waals surface area contributed by atoms with Crippen LogP contribution >= 0.6 is 0 Å². The van der Waals surface area contributed by atoms with E-state index in [1.165, 1.54) is 19.3 Å². The molecule has 1 saturated carbocycles. The zero-order chi connectivity index (χ0) is 21.2. The number of ether oxygens (including phenoxy) is 1. The fourth-order valence-electron chi connectivity index (χ4n) is 4.70. The van der Waals surface area contributed by atoms with Crippen molar-refractivity contribution in [1.29, 1.82) is 0 Å². The van der Waals surface area contributed by atoms with Crippen molar-refractivity contribution in [2.24, 2.45) is 4.99 Å². The van der Waals surface area contributed by atoms with Crippen molar-refractivity contribution < 1.29 is 9.53 Å². The number of nitrogens with zero attached hydrogens (tertiary/aromatic N) is 3. The summed E-state index contributed by atoms with van der Waals surface area (Å²) in [5, 5.41) is 3.25. The van der Waals surface area contributed by atoms with Crippen LogP contribution in [0.1, 0.15) is 43.2 Å². The van der Waals surface area contributed by atoms with Crippen molar-refractivity contribution in [3.05, 3.63) is 53.6 Å². The lowest BCUT2D eigenvalue weighted by molar-refractivity contribution is 0.164. The van der Waals surface area contributed by atoms with Crippen LogP contribution in [-0.2, 0) is 0 Å². The molecule has 1 N–H and O–H groups in total. The number of amides is 2. The predicted octanol–water partition coefficient (Wildman–Crippen LogP) is 4.84. The molecule has 0 unspecified atom stereocenters. The van der Waals surface area contributed by atoms with Crippen LogP contribution < -0.4 is 10.1 Å². The lowest BCUT2D eigenvalue weighted by Crippen LogP contribution is -2.54. The third kappa shape index (κ3) is 4.24. The van der Waals surface area contributed by atoms with Crippen LogP contribution in [0.15, 0.2) is 47.5 Å². The molecule has 2 aliphatic heterocycles. The SMILES string of the molecule is Cc1ccc2c(c1)Oc1ccccc1C(N1CCN(C(=O)NC3CCCCC3)CC1)=N2. The van der Waals surface area contributed by atoms with E-state index >= 15 is 0 Å². The van der Waals surface area contributed by atoms with E-state index in [1.807, 2.05) is 35.2 Å². The van der Waals surface area contributed by atoms with E-state index in [0.29, 0.717) is 19.1 Å². The van der Waals surface area contributed by atoms with Crippen molar-refractivity contribution >= 4 is 17.6 Å². The highest BCUT2D eigenvalue weighted by Crippen LogP contribution is 2.38. The molecular weight excluding hydrogens is 388 g/mol. The Kier molecular flexibility index (Phi) is 5.53. The summed E-state index contributed by atoms with van der Waals surface area (Å²) in [7, 11) is 0. The molecule has 31 heavy (non-hydrogen) atoms. The second-order valence-electron chi connectivity index (χ2n) is 8.76. The molecule has 0 radical (unpaired) electrons. The van der Waals surface area contributed by atoms with Gasteiger partial charge in [0.1, 0.15) is 17.3 Å². The van der Waals surface area contributed by atoms with Crippen molar-refractivity contribution in [2.75, 3.05) is 26.2 Å². The first-order valence-corrected chi connectivity index (χ1v) is 11.4. The average molecular weight is 419 g/mol. The number of carbonyl (C=O) groups is 1. The molecule has 0 bridgehead atoms. The highest BCUT2D eigenvalue weighted by atomic mass is 16.5. The van der Waals surface area contributed by atoms with Crippen LogP contribution in [0.4, 0.5) is 10.5 Å². The summed E-state index contributed by atoms with van der Waals surface area (Å²) in [6, 6.07) is 14.6. The summed E-state index contributed by atoms with van der Waals surface area (Å²) >= 11 is 0. The molecule has 0 atom stereocenters. The quantitative estimate of drug-likeness (QED) is 0.721. The van der Waals surface area contributed by atoms with E-state index < -0.39 is 0 Å². The van der Waals surface area contributed by atoms with Crippen molar-refractivity contribution in [3.63, 3.8) is 0 Å². The largest absolute Gasteiger partial charge is 0.454 e. The number of para-hydroxylation sites is 1. The molecule has 2 aromatic rings. The summed E-state index contributed by atoms with van der Waals surface area (Å²) in [6.07, 6.45) is 5.96. The van der Waals surface area contributed by atoms with Gasteiger partial charge in [0.15, 0.2) is 5.75 Å². The third-order valence-electron chi connectivity index (χ3n) is 6.49. The molecule has 0 aromatic heterocycles. The van der Waals surface area contributed by atoms with Crippen LogP contribution in [0.2, 0.25) is 0 Å². The molecule has 1 saturated heterocycles. The Morgan fingerprint density at radius 2 is 1.77 bits per heavy atom. The topological polar surface area (TPSA) is 57.2 Å². The number of aryl methyl sites for hydroxylation is 1. The van der Waals surface area contributed by atoms with Crippen LogP contribution in [0, 0.1) is 6.92 Å². The fraction of sp³-hybridized carbons (Fsp3) is 0.440. The number of nitrogens with one attached hydrogen (secondary N) is 1. The molecule has 5 rings (SSSR count). The van der Waals surface area contributed by atoms with Gasteiger partial charge in [-0.05, 0) is 49.6 Å². The second kappa shape index (κ2) is 8.61. The van der Waals surface area contributed by atoms with E-state index in [1.54, 1.807) is 0 Å². The smallest absolute Gasteiger partial charge is 0.317 e. The van der Waals surface area contributed by atoms with Crippen molar-refractivity contribution in [2.45, 2.75) is 45.1 Å². The molecule has 0 spiro atoms. The van der Waals surface area contributed by atoms with Gasteiger partial charge in [-0.25, -0.2) is 9.79 Å². The number of fused-ring (bicyclic) bond motifs is 2. The van der Waals surface area contributed by atoms with E-state index in [4.69, 9.17) is 9.73 Å². The van der Waals surface area contributed by atoms with Gasteiger partial charge in [0.05, 0.1) is 5.56 Å². The van der Waals surface area contributed by atoms with Gasteiger partial charge in [0.25, 0.3) is 0 Å². The number of benzene rings is 2. The number of aliphatic imine (C=N–C) groups is 1. The second-order valence-corrected chi connectivity index (χ2v) is 8.76. The Morgan fingerprint density at radius 3 is 2.58 bits per heavy atom. The molecule has 6 nitrogen and oxygen atoms in total. The van der Waals surface area contributed by atoms with Crippen molar-refractivity contribution in [1.82, 2.24) is 15.1 Å². The maximum Gasteiger partial charge on any atom is 0.317 e. The predicted molar refractivity (Wildman–Crippen MR) is 122 cm³/mol. The summed E-state index contributed by atoms with van der Waals surface area (Å²) in [5.41, 5.74) is 2.98. The Labute approximate surface area is 183 Å². The third-order valence-corrected chi connectivity index (χ3v) is 6.49. The fourth-order valence-corrected chi connectivity index (χ4v) is 4.70. The van der Waals surface area contributed by atoms with Crippen LogP contribution in [-0.4, -0.2) is 53.9 Å². The number of rotatable bonds is 1. The van der Waals surface area contributed by atoms with E-state index in [-0.39, 0.29) is 6.03 Å². The minimum absolute atomic E-state index is 0.0823.